The minimum Gasteiger partial charge on any atom is -0.496 e. The summed E-state index contributed by atoms with van der Waals surface area (Å²) in [5.74, 6) is 0.292. The van der Waals surface area contributed by atoms with Gasteiger partial charge in [0, 0.05) is 13.1 Å². The molecule has 1 heterocycles. The van der Waals surface area contributed by atoms with Crippen LogP contribution in [-0.4, -0.2) is 36.9 Å². The number of benzene rings is 1. The van der Waals surface area contributed by atoms with Crippen molar-refractivity contribution in [3.63, 3.8) is 0 Å². The lowest BCUT2D eigenvalue weighted by atomic mass is 9.97. The Labute approximate surface area is 125 Å². The number of primary amides is 1. The summed E-state index contributed by atoms with van der Waals surface area (Å²) in [5.41, 5.74) is 7.31. The summed E-state index contributed by atoms with van der Waals surface area (Å²) in [7, 11) is 1.62. The number of amides is 2. The first-order valence-electron chi connectivity index (χ1n) is 7.22. The van der Waals surface area contributed by atoms with Crippen LogP contribution in [-0.2, 0) is 16.0 Å². The zero-order valence-corrected chi connectivity index (χ0v) is 12.6. The molecule has 1 aromatic rings. The van der Waals surface area contributed by atoms with Gasteiger partial charge < -0.3 is 15.4 Å². The molecule has 5 nitrogen and oxygen atoms in total. The predicted molar refractivity (Wildman–Crippen MR) is 79.9 cm³/mol. The second kappa shape index (κ2) is 6.61. The van der Waals surface area contributed by atoms with Crippen LogP contribution in [0.15, 0.2) is 18.2 Å². The van der Waals surface area contributed by atoms with Crippen LogP contribution in [0.25, 0.3) is 0 Å². The van der Waals surface area contributed by atoms with E-state index in [-0.39, 0.29) is 17.7 Å². The smallest absolute Gasteiger partial charge is 0.227 e. The number of rotatable bonds is 4. The molecule has 0 bridgehead atoms. The number of hydrogen-bond donors (Lipinski definition) is 1. The Bertz CT molecular complexity index is 542. The van der Waals surface area contributed by atoms with Gasteiger partial charge in [-0.05, 0) is 37.0 Å². The van der Waals surface area contributed by atoms with Crippen LogP contribution in [0.3, 0.4) is 0 Å². The standard InChI is InChI=1S/C16H22N2O3/c1-11-5-6-12(8-14(11)21-2)9-15(19)18-7-3-4-13(10-18)16(17)20/h5-6,8,13H,3-4,7,9-10H2,1-2H3,(H2,17,20)/t13-/m1/s1. The van der Waals surface area contributed by atoms with E-state index in [4.69, 9.17) is 10.5 Å². The van der Waals surface area contributed by atoms with E-state index in [2.05, 4.69) is 0 Å². The molecule has 0 saturated carbocycles. The highest BCUT2D eigenvalue weighted by molar-refractivity contribution is 5.81. The van der Waals surface area contributed by atoms with E-state index in [0.29, 0.717) is 19.5 Å². The SMILES string of the molecule is COc1cc(CC(=O)N2CCC[C@@H](C(N)=O)C2)ccc1C. The summed E-state index contributed by atoms with van der Waals surface area (Å²) in [6, 6.07) is 5.78. The van der Waals surface area contributed by atoms with Gasteiger partial charge in [0.2, 0.25) is 11.8 Å². The molecule has 1 aliphatic heterocycles. The Morgan fingerprint density at radius 3 is 2.86 bits per heavy atom. The minimum atomic E-state index is -0.315. The average Bonchev–Trinajstić information content (AvgIpc) is 2.49. The molecule has 0 spiro atoms. The molecule has 2 N–H and O–H groups in total. The molecule has 0 aromatic heterocycles. The number of methoxy groups -OCH3 is 1. The highest BCUT2D eigenvalue weighted by Gasteiger charge is 2.26. The van der Waals surface area contributed by atoms with Crippen molar-refractivity contribution in [3.05, 3.63) is 29.3 Å². The Morgan fingerprint density at radius 2 is 2.19 bits per heavy atom. The van der Waals surface area contributed by atoms with Crippen molar-refractivity contribution in [1.82, 2.24) is 4.90 Å². The molecule has 1 atom stereocenters. The summed E-state index contributed by atoms with van der Waals surface area (Å²) < 4.78 is 5.28. The van der Waals surface area contributed by atoms with Crippen LogP contribution in [0.5, 0.6) is 5.75 Å². The van der Waals surface area contributed by atoms with Crippen molar-refractivity contribution in [2.75, 3.05) is 20.2 Å². The number of aryl methyl sites for hydroxylation is 1. The van der Waals surface area contributed by atoms with E-state index >= 15 is 0 Å². The zero-order valence-electron chi connectivity index (χ0n) is 12.6. The summed E-state index contributed by atoms with van der Waals surface area (Å²) in [4.78, 5) is 25.4. The monoisotopic (exact) mass is 290 g/mol. The first-order valence-corrected chi connectivity index (χ1v) is 7.22. The average molecular weight is 290 g/mol. The van der Waals surface area contributed by atoms with Gasteiger partial charge in [0.1, 0.15) is 5.75 Å². The van der Waals surface area contributed by atoms with E-state index in [1.54, 1.807) is 12.0 Å². The van der Waals surface area contributed by atoms with E-state index in [9.17, 15) is 9.59 Å². The third-order valence-electron chi connectivity index (χ3n) is 4.00. The molecule has 0 radical (unpaired) electrons. The van der Waals surface area contributed by atoms with E-state index in [1.807, 2.05) is 25.1 Å². The number of ether oxygens (including phenoxy) is 1. The summed E-state index contributed by atoms with van der Waals surface area (Å²) >= 11 is 0. The maximum absolute atomic E-state index is 12.4. The van der Waals surface area contributed by atoms with Gasteiger partial charge in [-0.25, -0.2) is 0 Å². The largest absolute Gasteiger partial charge is 0.496 e. The normalized spacial score (nSPS) is 18.4. The molecule has 0 aliphatic carbocycles. The maximum atomic E-state index is 12.4. The molecular weight excluding hydrogens is 268 g/mol. The minimum absolute atomic E-state index is 0.0341. The molecule has 1 fully saturated rings. The number of carbonyl (C=O) groups is 2. The maximum Gasteiger partial charge on any atom is 0.227 e. The third kappa shape index (κ3) is 3.74. The van der Waals surface area contributed by atoms with Crippen LogP contribution in [0, 0.1) is 12.8 Å². The van der Waals surface area contributed by atoms with Crippen molar-refractivity contribution in [2.24, 2.45) is 11.7 Å². The Morgan fingerprint density at radius 1 is 1.43 bits per heavy atom. The summed E-state index contributed by atoms with van der Waals surface area (Å²) in [6.07, 6.45) is 1.93. The first kappa shape index (κ1) is 15.4. The lowest BCUT2D eigenvalue weighted by molar-refractivity contribution is -0.134. The molecule has 2 amide bonds. The predicted octanol–water partition coefficient (Wildman–Crippen LogP) is 1.27. The third-order valence-corrected chi connectivity index (χ3v) is 4.00. The number of likely N-dealkylation sites (tertiary alicyclic amines) is 1. The quantitative estimate of drug-likeness (QED) is 0.907. The van der Waals surface area contributed by atoms with Gasteiger partial charge in [0.25, 0.3) is 0 Å². The van der Waals surface area contributed by atoms with Gasteiger partial charge >= 0.3 is 0 Å². The van der Waals surface area contributed by atoms with Crippen LogP contribution < -0.4 is 10.5 Å². The highest BCUT2D eigenvalue weighted by Crippen LogP contribution is 2.21. The second-order valence-electron chi connectivity index (χ2n) is 5.56. The van der Waals surface area contributed by atoms with Crippen LogP contribution in [0.1, 0.15) is 24.0 Å². The molecule has 21 heavy (non-hydrogen) atoms. The fraction of sp³-hybridized carbons (Fsp3) is 0.500. The van der Waals surface area contributed by atoms with E-state index < -0.39 is 0 Å². The highest BCUT2D eigenvalue weighted by atomic mass is 16.5. The van der Waals surface area contributed by atoms with Crippen molar-refractivity contribution in [3.8, 4) is 5.75 Å². The first-order chi connectivity index (χ1) is 10.0. The molecule has 2 rings (SSSR count). The van der Waals surface area contributed by atoms with E-state index in [1.165, 1.54) is 0 Å². The fourth-order valence-electron chi connectivity index (χ4n) is 2.70. The number of nitrogens with zero attached hydrogens (tertiary/aromatic N) is 1. The van der Waals surface area contributed by atoms with Crippen LogP contribution >= 0.6 is 0 Å². The zero-order chi connectivity index (χ0) is 15.4. The lowest BCUT2D eigenvalue weighted by Crippen LogP contribution is -2.44. The molecular formula is C16H22N2O3. The molecule has 0 unspecified atom stereocenters. The van der Waals surface area contributed by atoms with Gasteiger partial charge in [-0.15, -0.1) is 0 Å². The van der Waals surface area contributed by atoms with Gasteiger partial charge in [-0.2, -0.15) is 0 Å². The summed E-state index contributed by atoms with van der Waals surface area (Å²) in [5, 5.41) is 0. The van der Waals surface area contributed by atoms with Crippen molar-refractivity contribution in [2.45, 2.75) is 26.2 Å². The topological polar surface area (TPSA) is 72.6 Å². The molecule has 5 heteroatoms. The Kier molecular flexibility index (Phi) is 4.83. The van der Waals surface area contributed by atoms with E-state index in [0.717, 1.165) is 29.7 Å². The lowest BCUT2D eigenvalue weighted by Gasteiger charge is -2.31. The molecule has 1 aromatic carbocycles. The number of carbonyl (C=O) groups excluding carboxylic acids is 2. The van der Waals surface area contributed by atoms with Gasteiger partial charge in [0.15, 0.2) is 0 Å². The van der Waals surface area contributed by atoms with Crippen LogP contribution in [0.2, 0.25) is 0 Å². The number of hydrogen-bond acceptors (Lipinski definition) is 3. The van der Waals surface area contributed by atoms with Gasteiger partial charge in [-0.3, -0.25) is 9.59 Å². The van der Waals surface area contributed by atoms with Crippen molar-refractivity contribution in [1.29, 1.82) is 0 Å². The molecule has 1 aliphatic rings. The molecule has 1 saturated heterocycles. The Balaban J connectivity index is 2.02. The Hall–Kier alpha value is -2.04. The van der Waals surface area contributed by atoms with Crippen LogP contribution in [0.4, 0.5) is 0 Å². The number of nitrogens with two attached hydrogens (primary N) is 1. The van der Waals surface area contributed by atoms with Crippen molar-refractivity contribution < 1.29 is 14.3 Å². The van der Waals surface area contributed by atoms with Crippen molar-refractivity contribution >= 4 is 11.8 Å². The fourth-order valence-corrected chi connectivity index (χ4v) is 2.70. The van der Waals surface area contributed by atoms with Gasteiger partial charge in [-0.1, -0.05) is 12.1 Å². The number of piperidine rings is 1. The summed E-state index contributed by atoms with van der Waals surface area (Å²) in [6.45, 7) is 3.11. The second-order valence-corrected chi connectivity index (χ2v) is 5.56. The molecule has 114 valence electrons. The van der Waals surface area contributed by atoms with Gasteiger partial charge in [0.05, 0.1) is 19.4 Å².